The number of methoxy groups -OCH3 is 2. The van der Waals surface area contributed by atoms with E-state index < -0.39 is 0 Å². The van der Waals surface area contributed by atoms with Gasteiger partial charge in [-0.15, -0.1) is 0 Å². The zero-order chi connectivity index (χ0) is 12.5. The molecule has 1 N–H and O–H groups in total. The van der Waals surface area contributed by atoms with Crippen LogP contribution < -0.4 is 5.32 Å². The summed E-state index contributed by atoms with van der Waals surface area (Å²) < 4.78 is 15.7. The molecule has 0 radical (unpaired) electrons. The second-order valence-electron chi connectivity index (χ2n) is 4.39. The van der Waals surface area contributed by atoms with Gasteiger partial charge in [-0.1, -0.05) is 0 Å². The average Bonchev–Trinajstić information content (AvgIpc) is 2.37. The fourth-order valence-corrected chi connectivity index (χ4v) is 2.06. The lowest BCUT2D eigenvalue weighted by atomic mass is 10.3. The molecule has 0 aromatic rings. The zero-order valence-electron chi connectivity index (χ0n) is 11.3. The summed E-state index contributed by atoms with van der Waals surface area (Å²) >= 11 is 0. The molecule has 1 heterocycles. The number of ether oxygens (including phenoxy) is 3. The quantitative estimate of drug-likeness (QED) is 0.493. The highest BCUT2D eigenvalue weighted by atomic mass is 16.7. The van der Waals surface area contributed by atoms with Gasteiger partial charge in [-0.25, -0.2) is 0 Å². The highest BCUT2D eigenvalue weighted by molar-refractivity contribution is 4.66. The van der Waals surface area contributed by atoms with Crippen LogP contribution in [0.1, 0.15) is 13.3 Å². The van der Waals surface area contributed by atoms with Crippen LogP contribution in [0.4, 0.5) is 0 Å². The summed E-state index contributed by atoms with van der Waals surface area (Å²) in [6.45, 7) is 8.07. The fourth-order valence-electron chi connectivity index (χ4n) is 2.06. The monoisotopic (exact) mass is 246 g/mol. The predicted molar refractivity (Wildman–Crippen MR) is 67.1 cm³/mol. The molecule has 1 aliphatic rings. The highest BCUT2D eigenvalue weighted by Crippen LogP contribution is 2.00. The maximum Gasteiger partial charge on any atom is 0.171 e. The largest absolute Gasteiger partial charge is 0.379 e. The summed E-state index contributed by atoms with van der Waals surface area (Å²) in [6.07, 6.45) is 0.975. The Balaban J connectivity index is 2.02. The van der Waals surface area contributed by atoms with Gasteiger partial charge in [0.15, 0.2) is 6.29 Å². The van der Waals surface area contributed by atoms with Crippen LogP contribution in [0.25, 0.3) is 0 Å². The minimum absolute atomic E-state index is 0.168. The second kappa shape index (κ2) is 8.83. The highest BCUT2D eigenvalue weighted by Gasteiger charge is 2.15. The molecule has 17 heavy (non-hydrogen) atoms. The lowest BCUT2D eigenvalue weighted by Crippen LogP contribution is -2.42. The Labute approximate surface area is 104 Å². The van der Waals surface area contributed by atoms with Gasteiger partial charge in [0.1, 0.15) is 0 Å². The molecule has 5 heteroatoms. The van der Waals surface area contributed by atoms with E-state index in [2.05, 4.69) is 17.1 Å². The van der Waals surface area contributed by atoms with E-state index in [0.717, 1.165) is 45.8 Å². The van der Waals surface area contributed by atoms with Crippen LogP contribution in [0, 0.1) is 0 Å². The number of hydrogen-bond donors (Lipinski definition) is 1. The molecule has 0 aromatic heterocycles. The Morgan fingerprint density at radius 1 is 1.24 bits per heavy atom. The van der Waals surface area contributed by atoms with Crippen molar-refractivity contribution in [3.8, 4) is 0 Å². The maximum absolute atomic E-state index is 5.31. The molecule has 0 saturated carbocycles. The minimum Gasteiger partial charge on any atom is -0.379 e. The number of morpholine rings is 1. The van der Waals surface area contributed by atoms with Gasteiger partial charge in [-0.3, -0.25) is 4.90 Å². The molecule has 1 rings (SSSR count). The normalized spacial score (nSPS) is 19.8. The molecular formula is C12H26N2O3. The van der Waals surface area contributed by atoms with Crippen LogP contribution >= 0.6 is 0 Å². The molecule has 0 bridgehead atoms. The standard InChI is InChI=1S/C12H26N2O3/c1-11(12(15-2)16-3)13-5-4-6-14-7-9-17-10-8-14/h11-13H,4-10H2,1-3H3. The first-order valence-corrected chi connectivity index (χ1v) is 6.37. The summed E-state index contributed by atoms with van der Waals surface area (Å²) in [4.78, 5) is 2.44. The molecule has 1 atom stereocenters. The third-order valence-corrected chi connectivity index (χ3v) is 3.09. The Morgan fingerprint density at radius 2 is 1.88 bits per heavy atom. The molecule has 1 fully saturated rings. The number of nitrogens with one attached hydrogen (secondary N) is 1. The van der Waals surface area contributed by atoms with Crippen molar-refractivity contribution in [1.82, 2.24) is 10.2 Å². The first-order valence-electron chi connectivity index (χ1n) is 6.37. The summed E-state index contributed by atoms with van der Waals surface area (Å²) in [5.74, 6) is 0. The maximum atomic E-state index is 5.31. The van der Waals surface area contributed by atoms with E-state index >= 15 is 0 Å². The zero-order valence-corrected chi connectivity index (χ0v) is 11.3. The fraction of sp³-hybridized carbons (Fsp3) is 1.00. The molecule has 102 valence electrons. The van der Waals surface area contributed by atoms with Crippen molar-refractivity contribution in [2.75, 3.05) is 53.6 Å². The van der Waals surface area contributed by atoms with Crippen LogP contribution in [-0.4, -0.2) is 70.8 Å². The topological polar surface area (TPSA) is 43.0 Å². The van der Waals surface area contributed by atoms with E-state index in [9.17, 15) is 0 Å². The predicted octanol–water partition coefficient (Wildman–Crippen LogP) is 0.306. The molecule has 5 nitrogen and oxygen atoms in total. The lowest BCUT2D eigenvalue weighted by Gasteiger charge is -2.27. The molecule has 0 amide bonds. The SMILES string of the molecule is COC(OC)C(C)NCCCN1CCOCC1. The Morgan fingerprint density at radius 3 is 2.47 bits per heavy atom. The van der Waals surface area contributed by atoms with E-state index in [1.807, 2.05) is 0 Å². The van der Waals surface area contributed by atoms with Crippen LogP contribution in [0.15, 0.2) is 0 Å². The van der Waals surface area contributed by atoms with E-state index in [1.54, 1.807) is 14.2 Å². The van der Waals surface area contributed by atoms with Crippen molar-refractivity contribution in [2.24, 2.45) is 0 Å². The average molecular weight is 246 g/mol. The van der Waals surface area contributed by atoms with Crippen molar-refractivity contribution in [3.63, 3.8) is 0 Å². The van der Waals surface area contributed by atoms with E-state index in [0.29, 0.717) is 0 Å². The van der Waals surface area contributed by atoms with Crippen molar-refractivity contribution < 1.29 is 14.2 Å². The molecule has 1 unspecified atom stereocenters. The number of nitrogens with zero attached hydrogens (tertiary/aromatic N) is 1. The first-order chi connectivity index (χ1) is 8.27. The van der Waals surface area contributed by atoms with Crippen LogP contribution in [0.2, 0.25) is 0 Å². The van der Waals surface area contributed by atoms with Gasteiger partial charge in [0, 0.05) is 27.3 Å². The smallest absolute Gasteiger partial charge is 0.171 e. The third-order valence-electron chi connectivity index (χ3n) is 3.09. The molecule has 1 aliphatic heterocycles. The van der Waals surface area contributed by atoms with Crippen molar-refractivity contribution in [2.45, 2.75) is 25.7 Å². The van der Waals surface area contributed by atoms with E-state index in [4.69, 9.17) is 14.2 Å². The number of hydrogen-bond acceptors (Lipinski definition) is 5. The molecule has 0 aromatic carbocycles. The number of rotatable bonds is 8. The lowest BCUT2D eigenvalue weighted by molar-refractivity contribution is -0.119. The molecule has 0 spiro atoms. The van der Waals surface area contributed by atoms with Crippen molar-refractivity contribution >= 4 is 0 Å². The Kier molecular flexibility index (Phi) is 7.72. The van der Waals surface area contributed by atoms with Crippen LogP contribution in [0.3, 0.4) is 0 Å². The summed E-state index contributed by atoms with van der Waals surface area (Å²) in [5.41, 5.74) is 0. The van der Waals surface area contributed by atoms with Gasteiger partial charge >= 0.3 is 0 Å². The second-order valence-corrected chi connectivity index (χ2v) is 4.39. The van der Waals surface area contributed by atoms with Crippen LogP contribution in [-0.2, 0) is 14.2 Å². The Bertz CT molecular complexity index is 183. The van der Waals surface area contributed by atoms with Gasteiger partial charge in [-0.2, -0.15) is 0 Å². The van der Waals surface area contributed by atoms with E-state index in [-0.39, 0.29) is 12.3 Å². The van der Waals surface area contributed by atoms with Crippen LogP contribution in [0.5, 0.6) is 0 Å². The molecule has 1 saturated heterocycles. The molecule has 0 aliphatic carbocycles. The first kappa shape index (κ1) is 14.9. The van der Waals surface area contributed by atoms with E-state index in [1.165, 1.54) is 0 Å². The van der Waals surface area contributed by atoms with Crippen molar-refractivity contribution in [3.05, 3.63) is 0 Å². The molecular weight excluding hydrogens is 220 g/mol. The summed E-state index contributed by atoms with van der Waals surface area (Å²) in [5, 5.41) is 3.42. The van der Waals surface area contributed by atoms with Gasteiger partial charge in [0.05, 0.1) is 19.3 Å². The van der Waals surface area contributed by atoms with Gasteiger partial charge in [-0.05, 0) is 26.4 Å². The van der Waals surface area contributed by atoms with Gasteiger partial charge in [0.25, 0.3) is 0 Å². The van der Waals surface area contributed by atoms with Gasteiger partial charge < -0.3 is 19.5 Å². The minimum atomic E-state index is -0.168. The Hall–Kier alpha value is -0.200. The summed E-state index contributed by atoms with van der Waals surface area (Å²) in [7, 11) is 3.33. The summed E-state index contributed by atoms with van der Waals surface area (Å²) in [6, 6.07) is 0.217. The third kappa shape index (κ3) is 5.79. The van der Waals surface area contributed by atoms with Crippen molar-refractivity contribution in [1.29, 1.82) is 0 Å². The van der Waals surface area contributed by atoms with Gasteiger partial charge in [0.2, 0.25) is 0 Å².